The van der Waals surface area contributed by atoms with Gasteiger partial charge in [0, 0.05) is 22.1 Å². The monoisotopic (exact) mass is 626 g/mol. The Balaban J connectivity index is 1.15. The fourth-order valence-electron chi connectivity index (χ4n) is 7.56. The van der Waals surface area contributed by atoms with Crippen molar-refractivity contribution in [2.45, 2.75) is 19.3 Å². The maximum absolute atomic E-state index is 5.05. The highest BCUT2D eigenvalue weighted by atomic mass is 14.9. The summed E-state index contributed by atoms with van der Waals surface area (Å²) in [6.45, 7) is 4.72. The number of rotatable bonds is 5. The SMILES string of the molecule is CC1(C)c2cc3ccccc3cc2-c2c(-c3ccccc3-c3ccc(-c4cc(-c5ccccc5)nc(-c5ccccc5)n4)cc3)cccc21. The Bertz CT molecular complexity index is 2440. The molecule has 0 saturated carbocycles. The summed E-state index contributed by atoms with van der Waals surface area (Å²) < 4.78 is 0. The van der Waals surface area contributed by atoms with Gasteiger partial charge in [0.2, 0.25) is 0 Å². The van der Waals surface area contributed by atoms with Gasteiger partial charge >= 0.3 is 0 Å². The van der Waals surface area contributed by atoms with Gasteiger partial charge in [0.25, 0.3) is 0 Å². The van der Waals surface area contributed by atoms with E-state index in [1.807, 2.05) is 24.3 Å². The molecule has 1 aromatic heterocycles. The van der Waals surface area contributed by atoms with Crippen LogP contribution in [0.25, 0.3) is 78.1 Å². The highest BCUT2D eigenvalue weighted by molar-refractivity contribution is 6.00. The summed E-state index contributed by atoms with van der Waals surface area (Å²) >= 11 is 0. The molecule has 0 radical (unpaired) electrons. The Morgan fingerprint density at radius 2 is 0.898 bits per heavy atom. The molecule has 0 spiro atoms. The number of hydrogen-bond donors (Lipinski definition) is 0. The molecule has 7 aromatic carbocycles. The first-order valence-electron chi connectivity index (χ1n) is 16.9. The lowest BCUT2D eigenvalue weighted by Gasteiger charge is -2.22. The molecule has 2 heteroatoms. The van der Waals surface area contributed by atoms with Gasteiger partial charge in [-0.25, -0.2) is 9.97 Å². The fourth-order valence-corrected chi connectivity index (χ4v) is 7.56. The zero-order valence-electron chi connectivity index (χ0n) is 27.6. The smallest absolute Gasteiger partial charge is 0.160 e. The number of nitrogens with zero attached hydrogens (tertiary/aromatic N) is 2. The van der Waals surface area contributed by atoms with Crippen molar-refractivity contribution < 1.29 is 0 Å². The highest BCUT2D eigenvalue weighted by Crippen LogP contribution is 2.53. The quantitative estimate of drug-likeness (QED) is 0.190. The molecule has 0 aliphatic heterocycles. The van der Waals surface area contributed by atoms with Crippen molar-refractivity contribution >= 4 is 10.8 Å². The van der Waals surface area contributed by atoms with Crippen LogP contribution < -0.4 is 0 Å². The van der Waals surface area contributed by atoms with E-state index in [2.05, 4.69) is 159 Å². The lowest BCUT2D eigenvalue weighted by Crippen LogP contribution is -2.14. The van der Waals surface area contributed by atoms with Crippen LogP contribution in [0.4, 0.5) is 0 Å². The van der Waals surface area contributed by atoms with Crippen LogP contribution in [-0.2, 0) is 5.41 Å². The predicted molar refractivity (Wildman–Crippen MR) is 204 cm³/mol. The normalized spacial score (nSPS) is 12.9. The van der Waals surface area contributed by atoms with Gasteiger partial charge in [-0.3, -0.25) is 0 Å². The lowest BCUT2D eigenvalue weighted by molar-refractivity contribution is 0.661. The molecular formula is C47H34N2. The van der Waals surface area contributed by atoms with E-state index in [-0.39, 0.29) is 5.41 Å². The van der Waals surface area contributed by atoms with Gasteiger partial charge in [0.05, 0.1) is 11.4 Å². The van der Waals surface area contributed by atoms with Gasteiger partial charge in [-0.2, -0.15) is 0 Å². The third-order valence-electron chi connectivity index (χ3n) is 10.1. The Morgan fingerprint density at radius 1 is 0.367 bits per heavy atom. The molecule has 0 atom stereocenters. The lowest BCUT2D eigenvalue weighted by atomic mass is 9.81. The summed E-state index contributed by atoms with van der Waals surface area (Å²) in [6.07, 6.45) is 0. The molecule has 1 aliphatic rings. The fraction of sp³-hybridized carbons (Fsp3) is 0.0638. The third kappa shape index (κ3) is 4.96. The number of aromatic nitrogens is 2. The van der Waals surface area contributed by atoms with Gasteiger partial charge in [0.15, 0.2) is 5.82 Å². The molecular weight excluding hydrogens is 593 g/mol. The average molecular weight is 627 g/mol. The Morgan fingerprint density at radius 3 is 1.59 bits per heavy atom. The van der Waals surface area contributed by atoms with E-state index >= 15 is 0 Å². The molecule has 49 heavy (non-hydrogen) atoms. The van der Waals surface area contributed by atoms with E-state index in [4.69, 9.17) is 9.97 Å². The van der Waals surface area contributed by atoms with Crippen molar-refractivity contribution in [2.24, 2.45) is 0 Å². The molecule has 0 bridgehead atoms. The maximum atomic E-state index is 5.05. The van der Waals surface area contributed by atoms with Crippen molar-refractivity contribution in [3.63, 3.8) is 0 Å². The second kappa shape index (κ2) is 11.5. The predicted octanol–water partition coefficient (Wildman–Crippen LogP) is 12.3. The van der Waals surface area contributed by atoms with Crippen molar-refractivity contribution in [3.8, 4) is 67.3 Å². The first-order chi connectivity index (χ1) is 24.0. The van der Waals surface area contributed by atoms with E-state index in [1.165, 1.54) is 55.3 Å². The third-order valence-corrected chi connectivity index (χ3v) is 10.1. The van der Waals surface area contributed by atoms with Crippen LogP contribution in [0.1, 0.15) is 25.0 Å². The van der Waals surface area contributed by atoms with E-state index in [0.717, 1.165) is 33.9 Å². The van der Waals surface area contributed by atoms with Gasteiger partial charge in [-0.05, 0) is 73.5 Å². The van der Waals surface area contributed by atoms with Gasteiger partial charge < -0.3 is 0 Å². The zero-order chi connectivity index (χ0) is 33.0. The zero-order valence-corrected chi connectivity index (χ0v) is 27.6. The molecule has 1 aliphatic carbocycles. The summed E-state index contributed by atoms with van der Waals surface area (Å²) in [7, 11) is 0. The Labute approximate surface area is 287 Å². The molecule has 0 unspecified atom stereocenters. The minimum atomic E-state index is -0.0873. The molecule has 232 valence electrons. The molecule has 9 rings (SSSR count). The van der Waals surface area contributed by atoms with Crippen molar-refractivity contribution in [1.29, 1.82) is 0 Å². The van der Waals surface area contributed by atoms with Gasteiger partial charge in [-0.1, -0.05) is 166 Å². The largest absolute Gasteiger partial charge is 0.228 e. The molecule has 0 saturated heterocycles. The van der Waals surface area contributed by atoms with Crippen LogP contribution in [0.2, 0.25) is 0 Å². The van der Waals surface area contributed by atoms with Crippen molar-refractivity contribution in [3.05, 3.63) is 181 Å². The molecule has 1 heterocycles. The summed E-state index contributed by atoms with van der Waals surface area (Å²) in [4.78, 5) is 10.0. The van der Waals surface area contributed by atoms with Crippen LogP contribution in [0.5, 0.6) is 0 Å². The number of benzene rings is 7. The average Bonchev–Trinajstić information content (AvgIpc) is 3.39. The second-order valence-electron chi connectivity index (χ2n) is 13.4. The second-order valence-corrected chi connectivity index (χ2v) is 13.4. The van der Waals surface area contributed by atoms with Gasteiger partial charge in [-0.15, -0.1) is 0 Å². The highest BCUT2D eigenvalue weighted by Gasteiger charge is 2.37. The van der Waals surface area contributed by atoms with E-state index in [1.54, 1.807) is 0 Å². The van der Waals surface area contributed by atoms with Crippen LogP contribution in [-0.4, -0.2) is 9.97 Å². The first-order valence-corrected chi connectivity index (χ1v) is 16.9. The number of hydrogen-bond acceptors (Lipinski definition) is 2. The van der Waals surface area contributed by atoms with Crippen LogP contribution >= 0.6 is 0 Å². The summed E-state index contributed by atoms with van der Waals surface area (Å²) in [6, 6.07) is 60.7. The van der Waals surface area contributed by atoms with Crippen LogP contribution in [0.15, 0.2) is 170 Å². The number of fused-ring (bicyclic) bond motifs is 4. The van der Waals surface area contributed by atoms with Crippen LogP contribution in [0, 0.1) is 0 Å². The van der Waals surface area contributed by atoms with Crippen LogP contribution in [0.3, 0.4) is 0 Å². The summed E-state index contributed by atoms with van der Waals surface area (Å²) in [5, 5.41) is 2.57. The maximum Gasteiger partial charge on any atom is 0.160 e. The molecule has 0 fully saturated rings. The van der Waals surface area contributed by atoms with Crippen molar-refractivity contribution in [2.75, 3.05) is 0 Å². The summed E-state index contributed by atoms with van der Waals surface area (Å²) in [5.41, 5.74) is 15.2. The molecule has 0 amide bonds. The Hall–Kier alpha value is -6.12. The first kappa shape index (κ1) is 29.1. The Kier molecular flexibility index (Phi) is 6.84. The standard InChI is InChI=1S/C47H34N2/c1-47(2)41-23-13-22-39(45(41)40-28-35-18-9-10-19-36(35)29-42(40)47)38-21-12-11-20-37(38)31-24-26-33(27-25-31)44-30-43(32-14-5-3-6-15-32)48-46(49-44)34-16-7-4-8-17-34/h3-30H,1-2H3. The van der Waals surface area contributed by atoms with E-state index < -0.39 is 0 Å². The van der Waals surface area contributed by atoms with Crippen molar-refractivity contribution in [1.82, 2.24) is 9.97 Å². The summed E-state index contributed by atoms with van der Waals surface area (Å²) in [5.74, 6) is 0.722. The van der Waals surface area contributed by atoms with E-state index in [0.29, 0.717) is 0 Å². The molecule has 2 nitrogen and oxygen atoms in total. The topological polar surface area (TPSA) is 25.8 Å². The van der Waals surface area contributed by atoms with Gasteiger partial charge in [0.1, 0.15) is 0 Å². The molecule has 0 N–H and O–H groups in total. The molecule has 8 aromatic rings. The minimum absolute atomic E-state index is 0.0873. The van der Waals surface area contributed by atoms with E-state index in [9.17, 15) is 0 Å². The minimum Gasteiger partial charge on any atom is -0.228 e.